The van der Waals surface area contributed by atoms with Gasteiger partial charge in [-0.25, -0.2) is 4.98 Å². The molecule has 1 aliphatic heterocycles. The van der Waals surface area contributed by atoms with E-state index in [2.05, 4.69) is 4.98 Å². The van der Waals surface area contributed by atoms with Crippen molar-refractivity contribution in [2.75, 3.05) is 18.6 Å². The highest BCUT2D eigenvalue weighted by Crippen LogP contribution is 2.39. The van der Waals surface area contributed by atoms with Crippen molar-refractivity contribution in [1.82, 2.24) is 4.98 Å². The van der Waals surface area contributed by atoms with Crippen molar-refractivity contribution >= 4 is 17.4 Å². The zero-order valence-electron chi connectivity index (χ0n) is 8.19. The Morgan fingerprint density at radius 1 is 1.57 bits per heavy atom. The van der Waals surface area contributed by atoms with E-state index in [0.29, 0.717) is 16.8 Å². The molecule has 0 aliphatic carbocycles. The number of rotatable bonds is 2. The quantitative estimate of drug-likeness (QED) is 0.813. The molecule has 0 saturated carbocycles. The monoisotopic (exact) mass is 210 g/mol. The van der Waals surface area contributed by atoms with Crippen LogP contribution >= 0.6 is 11.8 Å². The van der Waals surface area contributed by atoms with Crippen molar-refractivity contribution < 1.29 is 4.74 Å². The van der Waals surface area contributed by atoms with Gasteiger partial charge >= 0.3 is 0 Å². The Hall–Kier alpha value is -0.900. The minimum atomic E-state index is 0.532. The Kier molecular flexibility index (Phi) is 2.82. The highest BCUT2D eigenvalue weighted by molar-refractivity contribution is 7.99. The molecule has 1 saturated heterocycles. The smallest absolute Gasteiger partial charge is 0.237 e. The van der Waals surface area contributed by atoms with Gasteiger partial charge in [-0.3, -0.25) is 0 Å². The minimum absolute atomic E-state index is 0.532. The lowest BCUT2D eigenvalue weighted by molar-refractivity contribution is 0.398. The van der Waals surface area contributed by atoms with E-state index in [4.69, 9.17) is 10.5 Å². The molecule has 2 N–H and O–H groups in total. The topological polar surface area (TPSA) is 48.1 Å². The number of nitrogens with zero attached hydrogens (tertiary/aromatic N) is 1. The summed E-state index contributed by atoms with van der Waals surface area (Å²) in [4.78, 5) is 4.40. The molecule has 0 bridgehead atoms. The summed E-state index contributed by atoms with van der Waals surface area (Å²) >= 11 is 1.96. The van der Waals surface area contributed by atoms with E-state index >= 15 is 0 Å². The van der Waals surface area contributed by atoms with Gasteiger partial charge in [-0.15, -0.1) is 0 Å². The lowest BCUT2D eigenvalue weighted by atomic mass is 10.2. The summed E-state index contributed by atoms with van der Waals surface area (Å²) in [5.41, 5.74) is 7.41. The third-order valence-corrected chi connectivity index (χ3v) is 3.77. The fourth-order valence-corrected chi connectivity index (χ4v) is 2.87. The average molecular weight is 210 g/mol. The second-order valence-electron chi connectivity index (χ2n) is 3.34. The second kappa shape index (κ2) is 4.09. The van der Waals surface area contributed by atoms with Gasteiger partial charge in [-0.2, -0.15) is 11.8 Å². The molecule has 0 amide bonds. The summed E-state index contributed by atoms with van der Waals surface area (Å²) in [7, 11) is 1.60. The molecular formula is C10H14N2OS. The van der Waals surface area contributed by atoms with Crippen LogP contribution in [0.25, 0.3) is 0 Å². The van der Waals surface area contributed by atoms with Crippen LogP contribution < -0.4 is 10.5 Å². The zero-order valence-corrected chi connectivity index (χ0v) is 9.01. The van der Waals surface area contributed by atoms with Crippen LogP contribution in [0.3, 0.4) is 0 Å². The third kappa shape index (κ3) is 1.80. The first-order chi connectivity index (χ1) is 6.81. The van der Waals surface area contributed by atoms with E-state index in [-0.39, 0.29) is 0 Å². The number of thioether (sulfide) groups is 1. The van der Waals surface area contributed by atoms with Crippen LogP contribution in [0.5, 0.6) is 5.88 Å². The number of aromatic nitrogens is 1. The Morgan fingerprint density at radius 2 is 2.43 bits per heavy atom. The molecule has 4 heteroatoms. The van der Waals surface area contributed by atoms with Gasteiger partial charge in [0.15, 0.2) is 0 Å². The predicted octanol–water partition coefficient (Wildman–Crippen LogP) is 2.24. The van der Waals surface area contributed by atoms with Crippen LogP contribution in [0.15, 0.2) is 12.1 Å². The van der Waals surface area contributed by atoms with Crippen LogP contribution in [0.4, 0.5) is 5.69 Å². The van der Waals surface area contributed by atoms with Crippen LogP contribution in [-0.2, 0) is 0 Å². The zero-order chi connectivity index (χ0) is 9.97. The summed E-state index contributed by atoms with van der Waals surface area (Å²) in [6.45, 7) is 0. The Morgan fingerprint density at radius 3 is 3.07 bits per heavy atom. The molecule has 0 spiro atoms. The van der Waals surface area contributed by atoms with Crippen molar-refractivity contribution in [3.8, 4) is 5.88 Å². The van der Waals surface area contributed by atoms with E-state index in [0.717, 1.165) is 5.69 Å². The van der Waals surface area contributed by atoms with Crippen LogP contribution in [0.1, 0.15) is 23.8 Å². The first-order valence-electron chi connectivity index (χ1n) is 4.73. The van der Waals surface area contributed by atoms with Crippen LogP contribution in [0.2, 0.25) is 0 Å². The largest absolute Gasteiger partial charge is 0.480 e. The average Bonchev–Trinajstić information content (AvgIpc) is 2.71. The number of pyridine rings is 1. The summed E-state index contributed by atoms with van der Waals surface area (Å²) < 4.78 is 5.10. The van der Waals surface area contributed by atoms with E-state index in [1.807, 2.05) is 23.9 Å². The van der Waals surface area contributed by atoms with Gasteiger partial charge in [-0.05, 0) is 30.7 Å². The number of anilines is 1. The fraction of sp³-hybridized carbons (Fsp3) is 0.500. The van der Waals surface area contributed by atoms with Crippen LogP contribution in [0, 0.1) is 0 Å². The SMILES string of the molecule is COc1nc(C2CCCS2)ccc1N. The van der Waals surface area contributed by atoms with E-state index in [1.165, 1.54) is 18.6 Å². The number of hydrogen-bond donors (Lipinski definition) is 1. The molecule has 1 fully saturated rings. The molecule has 1 aromatic heterocycles. The maximum absolute atomic E-state index is 5.70. The van der Waals surface area contributed by atoms with E-state index < -0.39 is 0 Å². The van der Waals surface area contributed by atoms with Gasteiger partial charge in [-0.1, -0.05) is 0 Å². The number of nitrogens with two attached hydrogens (primary N) is 1. The number of nitrogen functional groups attached to an aromatic ring is 1. The third-order valence-electron chi connectivity index (χ3n) is 2.36. The van der Waals surface area contributed by atoms with Crippen molar-refractivity contribution in [2.45, 2.75) is 18.1 Å². The van der Waals surface area contributed by atoms with Gasteiger partial charge in [0, 0.05) is 5.25 Å². The molecule has 0 radical (unpaired) electrons. The highest BCUT2D eigenvalue weighted by atomic mass is 32.2. The van der Waals surface area contributed by atoms with Gasteiger partial charge in [0.05, 0.1) is 18.5 Å². The molecule has 76 valence electrons. The fourth-order valence-electron chi connectivity index (χ4n) is 1.62. The molecule has 1 unspecified atom stereocenters. The lowest BCUT2D eigenvalue weighted by Gasteiger charge is -2.10. The summed E-state index contributed by atoms with van der Waals surface area (Å²) in [5.74, 6) is 1.79. The van der Waals surface area contributed by atoms with Gasteiger partial charge < -0.3 is 10.5 Å². The van der Waals surface area contributed by atoms with Crippen molar-refractivity contribution in [1.29, 1.82) is 0 Å². The van der Waals surface area contributed by atoms with Gasteiger partial charge in [0.1, 0.15) is 0 Å². The molecule has 1 aromatic rings. The molecule has 0 aromatic carbocycles. The van der Waals surface area contributed by atoms with Crippen molar-refractivity contribution in [3.63, 3.8) is 0 Å². The van der Waals surface area contributed by atoms with Crippen LogP contribution in [-0.4, -0.2) is 17.8 Å². The summed E-state index contributed by atoms with van der Waals surface area (Å²) in [5, 5.41) is 0.532. The number of methoxy groups -OCH3 is 1. The van der Waals surface area contributed by atoms with Crippen molar-refractivity contribution in [2.24, 2.45) is 0 Å². The second-order valence-corrected chi connectivity index (χ2v) is 4.65. The highest BCUT2D eigenvalue weighted by Gasteiger charge is 2.19. The Labute approximate surface area is 88.0 Å². The molecule has 2 heterocycles. The van der Waals surface area contributed by atoms with Gasteiger partial charge in [0.25, 0.3) is 0 Å². The maximum Gasteiger partial charge on any atom is 0.237 e. The lowest BCUT2D eigenvalue weighted by Crippen LogP contribution is -2.00. The maximum atomic E-state index is 5.70. The first kappa shape index (κ1) is 9.65. The standard InChI is InChI=1S/C10H14N2OS/c1-13-10-7(11)4-5-8(12-10)9-3-2-6-14-9/h4-5,9H,2-3,6,11H2,1H3. The summed E-state index contributed by atoms with van der Waals surface area (Å²) in [6.07, 6.45) is 2.49. The van der Waals surface area contributed by atoms with Crippen molar-refractivity contribution in [3.05, 3.63) is 17.8 Å². The molecule has 14 heavy (non-hydrogen) atoms. The van der Waals surface area contributed by atoms with Gasteiger partial charge in [0.2, 0.25) is 5.88 Å². The molecule has 1 aliphatic rings. The van der Waals surface area contributed by atoms with E-state index in [9.17, 15) is 0 Å². The number of hydrogen-bond acceptors (Lipinski definition) is 4. The predicted molar refractivity (Wildman–Crippen MR) is 59.6 cm³/mol. The molecular weight excluding hydrogens is 196 g/mol. The molecule has 1 atom stereocenters. The number of ether oxygens (including phenoxy) is 1. The summed E-state index contributed by atoms with van der Waals surface area (Å²) in [6, 6.07) is 3.88. The molecule has 2 rings (SSSR count). The Balaban J connectivity index is 2.25. The minimum Gasteiger partial charge on any atom is -0.480 e. The normalized spacial score (nSPS) is 21.1. The van der Waals surface area contributed by atoms with E-state index in [1.54, 1.807) is 7.11 Å². The molecule has 3 nitrogen and oxygen atoms in total. The first-order valence-corrected chi connectivity index (χ1v) is 5.78. The Bertz CT molecular complexity index is 324.